The van der Waals surface area contributed by atoms with Crippen molar-refractivity contribution in [2.45, 2.75) is 12.5 Å². The summed E-state index contributed by atoms with van der Waals surface area (Å²) >= 11 is 0. The molecule has 0 spiro atoms. The van der Waals surface area contributed by atoms with Crippen LogP contribution in [0.25, 0.3) is 22.2 Å². The summed E-state index contributed by atoms with van der Waals surface area (Å²) in [6, 6.07) is 13.9. The number of benzene rings is 2. The highest BCUT2D eigenvalue weighted by Gasteiger charge is 2.33. The lowest BCUT2D eigenvalue weighted by Crippen LogP contribution is -2.54. The molecule has 0 bridgehead atoms. The Morgan fingerprint density at radius 3 is 2.30 bits per heavy atom. The summed E-state index contributed by atoms with van der Waals surface area (Å²) in [6.45, 7) is 2.89. The quantitative estimate of drug-likeness (QED) is 0.672. The van der Waals surface area contributed by atoms with Gasteiger partial charge in [0.05, 0.1) is 24.0 Å². The number of ether oxygens (including phenoxy) is 1. The van der Waals surface area contributed by atoms with Crippen LogP contribution in [-0.4, -0.2) is 70.1 Å². The Morgan fingerprint density at radius 2 is 1.63 bits per heavy atom. The number of carbonyl (C=O) groups is 2. The molecule has 2 aliphatic rings. The molecule has 1 atom stereocenters. The van der Waals surface area contributed by atoms with Gasteiger partial charge in [-0.05, 0) is 35.4 Å². The molecule has 2 saturated heterocycles. The Bertz CT molecular complexity index is 1090. The highest BCUT2D eigenvalue weighted by Crippen LogP contribution is 2.24. The van der Waals surface area contributed by atoms with Crippen LogP contribution in [0.15, 0.2) is 48.8 Å². The predicted octanol–water partition coefficient (Wildman–Crippen LogP) is 2.31. The molecule has 3 heterocycles. The molecule has 2 amide bonds. The van der Waals surface area contributed by atoms with Crippen LogP contribution in [-0.2, 0) is 16.6 Å². The van der Waals surface area contributed by atoms with E-state index < -0.39 is 0 Å². The summed E-state index contributed by atoms with van der Waals surface area (Å²) in [5.41, 5.74) is 4.84. The smallest absolute Gasteiger partial charge is 0.253 e. The molecule has 5 rings (SSSR count). The van der Waals surface area contributed by atoms with Gasteiger partial charge in [-0.3, -0.25) is 9.59 Å². The molecule has 0 radical (unpaired) electrons. The number of piperazine rings is 1. The normalized spacial score (nSPS) is 19.0. The number of aryl methyl sites for hydroxylation is 1. The number of fused-ring (bicyclic) bond motifs is 1. The average Bonchev–Trinajstić information content (AvgIpc) is 3.12. The number of imidazole rings is 1. The van der Waals surface area contributed by atoms with Gasteiger partial charge in [0.2, 0.25) is 0 Å². The summed E-state index contributed by atoms with van der Waals surface area (Å²) in [7, 11) is 1.98. The molecule has 7 nitrogen and oxygen atoms in total. The fourth-order valence-electron chi connectivity index (χ4n) is 4.07. The fourth-order valence-corrected chi connectivity index (χ4v) is 4.07. The highest BCUT2D eigenvalue weighted by atomic mass is 16.5. The second-order valence-electron chi connectivity index (χ2n) is 7.90. The van der Waals surface area contributed by atoms with Crippen LogP contribution < -0.4 is 0 Å². The third-order valence-electron chi connectivity index (χ3n) is 6.04. The van der Waals surface area contributed by atoms with Crippen molar-refractivity contribution in [3.8, 4) is 11.1 Å². The minimum Gasteiger partial charge on any atom is -0.368 e. The Labute approximate surface area is 174 Å². The number of amides is 2. The number of hydrogen-bond acceptors (Lipinski definition) is 4. The largest absolute Gasteiger partial charge is 0.368 e. The number of rotatable bonds is 3. The van der Waals surface area contributed by atoms with Crippen molar-refractivity contribution in [1.29, 1.82) is 0 Å². The lowest BCUT2D eigenvalue weighted by atomic mass is 10.0. The first kappa shape index (κ1) is 18.8. The van der Waals surface area contributed by atoms with Crippen LogP contribution in [0.1, 0.15) is 16.8 Å². The summed E-state index contributed by atoms with van der Waals surface area (Å²) in [5, 5.41) is 0. The first-order valence-corrected chi connectivity index (χ1v) is 10.3. The molecule has 0 aliphatic carbocycles. The molecular weight excluding hydrogens is 380 g/mol. The summed E-state index contributed by atoms with van der Waals surface area (Å²) in [5.74, 6) is 0.0660. The van der Waals surface area contributed by atoms with Gasteiger partial charge in [0, 0.05) is 45.2 Å². The molecule has 0 saturated carbocycles. The van der Waals surface area contributed by atoms with Crippen molar-refractivity contribution in [3.63, 3.8) is 0 Å². The Kier molecular flexibility index (Phi) is 4.75. The minimum atomic E-state index is -0.273. The molecule has 154 valence electrons. The number of hydrogen-bond donors (Lipinski definition) is 0. The van der Waals surface area contributed by atoms with E-state index in [0.717, 1.165) is 28.6 Å². The molecule has 3 aromatic rings. The van der Waals surface area contributed by atoms with Gasteiger partial charge in [0.1, 0.15) is 6.10 Å². The van der Waals surface area contributed by atoms with Gasteiger partial charge in [-0.2, -0.15) is 0 Å². The highest BCUT2D eigenvalue weighted by molar-refractivity contribution is 5.95. The Morgan fingerprint density at radius 1 is 0.967 bits per heavy atom. The zero-order valence-corrected chi connectivity index (χ0v) is 17.0. The summed E-state index contributed by atoms with van der Waals surface area (Å²) in [6.07, 6.45) is 2.34. The van der Waals surface area contributed by atoms with E-state index in [2.05, 4.69) is 23.2 Å². The summed E-state index contributed by atoms with van der Waals surface area (Å²) < 4.78 is 7.28. The van der Waals surface area contributed by atoms with E-state index in [4.69, 9.17) is 4.74 Å². The number of nitrogens with zero attached hydrogens (tertiary/aromatic N) is 4. The van der Waals surface area contributed by atoms with Gasteiger partial charge in [0.25, 0.3) is 11.8 Å². The molecule has 7 heteroatoms. The van der Waals surface area contributed by atoms with Gasteiger partial charge in [-0.15, -0.1) is 0 Å². The molecule has 30 heavy (non-hydrogen) atoms. The van der Waals surface area contributed by atoms with Crippen molar-refractivity contribution in [2.75, 3.05) is 32.8 Å². The molecule has 1 aromatic heterocycles. The van der Waals surface area contributed by atoms with Crippen LogP contribution in [0.5, 0.6) is 0 Å². The third-order valence-corrected chi connectivity index (χ3v) is 6.04. The van der Waals surface area contributed by atoms with Crippen molar-refractivity contribution in [2.24, 2.45) is 7.05 Å². The van der Waals surface area contributed by atoms with Crippen LogP contribution in [0, 0.1) is 0 Å². The van der Waals surface area contributed by atoms with E-state index in [0.29, 0.717) is 38.3 Å². The van der Waals surface area contributed by atoms with Crippen molar-refractivity contribution < 1.29 is 14.3 Å². The van der Waals surface area contributed by atoms with E-state index in [9.17, 15) is 9.59 Å². The Balaban J connectivity index is 1.25. The standard InChI is InChI=1S/C23H24N4O3/c1-25-15-24-19-14-18(6-7-20(19)25)16-2-4-17(5-3-16)22(28)26-9-11-27(12-10-26)23(29)21-8-13-30-21/h2-7,14-15,21H,8-13H2,1H3. The van der Waals surface area contributed by atoms with Crippen LogP contribution in [0.4, 0.5) is 0 Å². The first-order chi connectivity index (χ1) is 14.6. The lowest BCUT2D eigenvalue weighted by molar-refractivity contribution is -0.157. The van der Waals surface area contributed by atoms with Crippen LogP contribution >= 0.6 is 0 Å². The third kappa shape index (κ3) is 3.35. The zero-order valence-electron chi connectivity index (χ0n) is 17.0. The van der Waals surface area contributed by atoms with E-state index in [1.807, 2.05) is 52.0 Å². The van der Waals surface area contributed by atoms with Crippen LogP contribution in [0.2, 0.25) is 0 Å². The van der Waals surface area contributed by atoms with Gasteiger partial charge in [0.15, 0.2) is 0 Å². The first-order valence-electron chi connectivity index (χ1n) is 10.3. The van der Waals surface area contributed by atoms with E-state index in [-0.39, 0.29) is 17.9 Å². The van der Waals surface area contributed by atoms with Crippen molar-refractivity contribution in [3.05, 3.63) is 54.4 Å². The van der Waals surface area contributed by atoms with Gasteiger partial charge in [-0.25, -0.2) is 4.98 Å². The van der Waals surface area contributed by atoms with Crippen molar-refractivity contribution >= 4 is 22.8 Å². The predicted molar refractivity (Wildman–Crippen MR) is 113 cm³/mol. The average molecular weight is 404 g/mol. The molecule has 0 N–H and O–H groups in total. The molecular formula is C23H24N4O3. The molecule has 2 aromatic carbocycles. The molecule has 2 aliphatic heterocycles. The molecule has 2 fully saturated rings. The van der Waals surface area contributed by atoms with E-state index >= 15 is 0 Å². The lowest BCUT2D eigenvalue weighted by Gasteiger charge is -2.38. The van der Waals surface area contributed by atoms with Crippen molar-refractivity contribution in [1.82, 2.24) is 19.4 Å². The van der Waals surface area contributed by atoms with Gasteiger partial charge in [-0.1, -0.05) is 18.2 Å². The van der Waals surface area contributed by atoms with Gasteiger partial charge < -0.3 is 19.1 Å². The monoisotopic (exact) mass is 404 g/mol. The van der Waals surface area contributed by atoms with Gasteiger partial charge >= 0.3 is 0 Å². The second kappa shape index (κ2) is 7.57. The maximum Gasteiger partial charge on any atom is 0.253 e. The molecule has 1 unspecified atom stereocenters. The maximum atomic E-state index is 12.9. The minimum absolute atomic E-state index is 0.00808. The summed E-state index contributed by atoms with van der Waals surface area (Å²) in [4.78, 5) is 33.2. The number of carbonyl (C=O) groups excluding carboxylic acids is 2. The topological polar surface area (TPSA) is 67.7 Å². The second-order valence-corrected chi connectivity index (χ2v) is 7.90. The maximum absolute atomic E-state index is 12.9. The van der Waals surface area contributed by atoms with Crippen LogP contribution in [0.3, 0.4) is 0 Å². The van der Waals surface area contributed by atoms with E-state index in [1.54, 1.807) is 0 Å². The fraction of sp³-hybridized carbons (Fsp3) is 0.348. The number of aromatic nitrogens is 2. The van der Waals surface area contributed by atoms with E-state index in [1.165, 1.54) is 0 Å². The SMILES string of the molecule is Cn1cnc2cc(-c3ccc(C(=O)N4CCN(C(=O)C5CCO5)CC4)cc3)ccc21. The zero-order chi connectivity index (χ0) is 20.7. The Hall–Kier alpha value is -3.19.